The minimum absolute atomic E-state index is 0.0843. The summed E-state index contributed by atoms with van der Waals surface area (Å²) < 4.78 is 0. The van der Waals surface area contributed by atoms with Crippen LogP contribution in [-0.4, -0.2) is 59.2 Å². The number of amides is 2. The summed E-state index contributed by atoms with van der Waals surface area (Å²) in [6.07, 6.45) is 5.07. The molecule has 0 spiro atoms. The molecule has 0 fully saturated rings. The van der Waals surface area contributed by atoms with Crippen molar-refractivity contribution in [1.29, 1.82) is 0 Å². The monoisotopic (exact) mass is 371 g/mol. The molecule has 7 N–H and O–H groups in total. The van der Waals surface area contributed by atoms with Gasteiger partial charge in [0.25, 0.3) is 0 Å². The molecule has 0 bridgehead atoms. The lowest BCUT2D eigenvalue weighted by atomic mass is 10.1. The Morgan fingerprint density at radius 1 is 1.04 bits per heavy atom. The summed E-state index contributed by atoms with van der Waals surface area (Å²) in [7, 11) is 0. The van der Waals surface area contributed by atoms with Gasteiger partial charge in [-0.25, -0.2) is 0 Å². The van der Waals surface area contributed by atoms with Crippen LogP contribution in [0.5, 0.6) is 0 Å². The second-order valence-electron chi connectivity index (χ2n) is 5.89. The largest absolute Gasteiger partial charge is 0.481 e. The first-order chi connectivity index (χ1) is 12.3. The van der Waals surface area contributed by atoms with Crippen LogP contribution in [0, 0.1) is 0 Å². The molecule has 0 aromatic rings. The number of carbonyl (C=O) groups is 4. The highest BCUT2D eigenvalue weighted by Crippen LogP contribution is 2.09. The molecule has 0 aromatic heterocycles. The highest BCUT2D eigenvalue weighted by atomic mass is 16.4. The van der Waals surface area contributed by atoms with E-state index in [0.717, 1.165) is 37.0 Å². The molecule has 0 aliphatic rings. The third-order valence-corrected chi connectivity index (χ3v) is 3.63. The lowest BCUT2D eigenvalue weighted by Gasteiger charge is -2.21. The number of aliphatic imine (C=N–C) groups is 1. The third kappa shape index (κ3) is 11.1. The molecular formula is C16H29N5O5. The molecule has 0 saturated heterocycles. The van der Waals surface area contributed by atoms with Crippen LogP contribution in [0.25, 0.3) is 0 Å². The van der Waals surface area contributed by atoms with Gasteiger partial charge in [-0.05, 0) is 12.8 Å². The van der Waals surface area contributed by atoms with Gasteiger partial charge in [0.15, 0.2) is 5.96 Å². The Morgan fingerprint density at radius 2 is 1.62 bits per heavy atom. The second-order valence-corrected chi connectivity index (χ2v) is 5.89. The van der Waals surface area contributed by atoms with E-state index in [1.165, 1.54) is 0 Å². The summed E-state index contributed by atoms with van der Waals surface area (Å²) in [4.78, 5) is 50.0. The third-order valence-electron chi connectivity index (χ3n) is 3.63. The molecule has 26 heavy (non-hydrogen) atoms. The number of nitrogens with zero attached hydrogens (tertiary/aromatic N) is 2. The molecule has 148 valence electrons. The van der Waals surface area contributed by atoms with E-state index in [0.29, 0.717) is 19.3 Å². The van der Waals surface area contributed by atoms with E-state index in [-0.39, 0.29) is 12.4 Å². The molecule has 0 unspecified atom stereocenters. The summed E-state index contributed by atoms with van der Waals surface area (Å²) in [6, 6.07) is -1.35. The molecule has 10 nitrogen and oxygen atoms in total. The van der Waals surface area contributed by atoms with E-state index in [9.17, 15) is 19.2 Å². The van der Waals surface area contributed by atoms with Crippen LogP contribution in [0.4, 0.5) is 0 Å². The SMILES string of the molecule is NC(N)=NCCCCCCCCC(=O)N(CC=O)C(=O)[C@@H](N)CC(=O)O. The lowest BCUT2D eigenvalue weighted by molar-refractivity contribution is -0.149. The van der Waals surface area contributed by atoms with Crippen molar-refractivity contribution in [1.82, 2.24) is 4.90 Å². The van der Waals surface area contributed by atoms with Gasteiger partial charge in [-0.2, -0.15) is 0 Å². The fraction of sp³-hybridized carbons (Fsp3) is 0.688. The van der Waals surface area contributed by atoms with E-state index >= 15 is 0 Å². The van der Waals surface area contributed by atoms with Gasteiger partial charge in [-0.1, -0.05) is 25.7 Å². The molecule has 0 aromatic carbocycles. The number of carboxylic acid groups (broad SMARTS) is 1. The topological polar surface area (TPSA) is 182 Å². The van der Waals surface area contributed by atoms with Crippen LogP contribution >= 0.6 is 0 Å². The predicted molar refractivity (Wildman–Crippen MR) is 96.0 cm³/mol. The molecule has 2 amide bonds. The van der Waals surface area contributed by atoms with Crippen LogP contribution in [0.15, 0.2) is 4.99 Å². The molecule has 0 heterocycles. The smallest absolute Gasteiger partial charge is 0.305 e. The number of hydrogen-bond donors (Lipinski definition) is 4. The summed E-state index contributed by atoms with van der Waals surface area (Å²) in [5, 5.41) is 8.66. The summed E-state index contributed by atoms with van der Waals surface area (Å²) in [6.45, 7) is 0.177. The standard InChI is InChI=1S/C16H29N5O5/c17-12(11-14(24)25)15(26)21(9-10-22)13(23)7-5-3-1-2-4-6-8-20-16(18)19/h10,12H,1-9,11,17H2,(H,24,25)(H4,18,19,20)/t12-/m0/s1. The number of imide groups is 1. The van der Waals surface area contributed by atoms with Crippen molar-refractivity contribution in [3.63, 3.8) is 0 Å². The average molecular weight is 371 g/mol. The summed E-state index contributed by atoms with van der Waals surface area (Å²) in [5.74, 6) is -2.52. The van der Waals surface area contributed by atoms with Crippen LogP contribution in [-0.2, 0) is 19.2 Å². The van der Waals surface area contributed by atoms with Crippen molar-refractivity contribution in [2.45, 2.75) is 57.4 Å². The first-order valence-corrected chi connectivity index (χ1v) is 8.60. The summed E-state index contributed by atoms with van der Waals surface area (Å²) in [5.41, 5.74) is 15.9. The zero-order valence-electron chi connectivity index (χ0n) is 14.9. The normalized spacial score (nSPS) is 11.4. The molecular weight excluding hydrogens is 342 g/mol. The minimum atomic E-state index is -1.35. The van der Waals surface area contributed by atoms with Crippen LogP contribution < -0.4 is 17.2 Å². The first-order valence-electron chi connectivity index (χ1n) is 8.60. The molecule has 0 aliphatic heterocycles. The number of aliphatic carboxylic acids is 1. The zero-order chi connectivity index (χ0) is 19.9. The van der Waals surface area contributed by atoms with E-state index in [1.807, 2.05) is 0 Å². The second kappa shape index (κ2) is 13.8. The van der Waals surface area contributed by atoms with Crippen molar-refractivity contribution in [3.8, 4) is 0 Å². The maximum absolute atomic E-state index is 12.1. The number of unbranched alkanes of at least 4 members (excludes halogenated alkanes) is 5. The quantitative estimate of drug-likeness (QED) is 0.134. The van der Waals surface area contributed by atoms with Gasteiger partial charge < -0.3 is 27.1 Å². The number of nitrogens with two attached hydrogens (primary N) is 3. The number of carbonyl (C=O) groups excluding carboxylic acids is 3. The van der Waals surface area contributed by atoms with E-state index in [4.69, 9.17) is 22.3 Å². The zero-order valence-corrected chi connectivity index (χ0v) is 14.9. The Bertz CT molecular complexity index is 505. The number of carboxylic acids is 1. The van der Waals surface area contributed by atoms with Crippen molar-refractivity contribution in [2.75, 3.05) is 13.1 Å². The Morgan fingerprint density at radius 3 is 2.15 bits per heavy atom. The van der Waals surface area contributed by atoms with E-state index < -0.39 is 36.8 Å². The predicted octanol–water partition coefficient (Wildman–Crippen LogP) is -0.653. The first kappa shape index (κ1) is 23.5. The maximum Gasteiger partial charge on any atom is 0.305 e. The molecule has 0 aliphatic carbocycles. The highest BCUT2D eigenvalue weighted by Gasteiger charge is 2.27. The molecule has 10 heteroatoms. The lowest BCUT2D eigenvalue weighted by Crippen LogP contribution is -2.48. The summed E-state index contributed by atoms with van der Waals surface area (Å²) >= 11 is 0. The Hall–Kier alpha value is -2.49. The molecule has 0 radical (unpaired) electrons. The fourth-order valence-corrected chi connectivity index (χ4v) is 2.30. The van der Waals surface area contributed by atoms with Gasteiger partial charge in [0.2, 0.25) is 11.8 Å². The van der Waals surface area contributed by atoms with Gasteiger partial charge in [0, 0.05) is 13.0 Å². The van der Waals surface area contributed by atoms with Gasteiger partial charge in [-0.15, -0.1) is 0 Å². The van der Waals surface area contributed by atoms with Crippen molar-refractivity contribution in [2.24, 2.45) is 22.2 Å². The Kier molecular flexibility index (Phi) is 12.4. The molecule has 0 rings (SSSR count). The van der Waals surface area contributed by atoms with Crippen LogP contribution in [0.2, 0.25) is 0 Å². The van der Waals surface area contributed by atoms with Gasteiger partial charge in [0.05, 0.1) is 19.0 Å². The van der Waals surface area contributed by atoms with Crippen LogP contribution in [0.3, 0.4) is 0 Å². The van der Waals surface area contributed by atoms with Gasteiger partial charge in [0.1, 0.15) is 6.29 Å². The average Bonchev–Trinajstić information content (AvgIpc) is 2.56. The maximum atomic E-state index is 12.1. The van der Waals surface area contributed by atoms with Gasteiger partial charge in [-0.3, -0.25) is 24.3 Å². The van der Waals surface area contributed by atoms with Crippen molar-refractivity contribution in [3.05, 3.63) is 0 Å². The fourth-order valence-electron chi connectivity index (χ4n) is 2.30. The van der Waals surface area contributed by atoms with E-state index in [2.05, 4.69) is 4.99 Å². The van der Waals surface area contributed by atoms with Crippen molar-refractivity contribution < 1.29 is 24.3 Å². The number of guanidine groups is 1. The number of hydrogen-bond acceptors (Lipinski definition) is 6. The number of aldehydes is 1. The Labute approximate surface area is 152 Å². The van der Waals surface area contributed by atoms with E-state index in [1.54, 1.807) is 0 Å². The molecule has 1 atom stereocenters. The van der Waals surface area contributed by atoms with Crippen molar-refractivity contribution >= 4 is 30.0 Å². The van der Waals surface area contributed by atoms with Gasteiger partial charge >= 0.3 is 5.97 Å². The highest BCUT2D eigenvalue weighted by molar-refractivity contribution is 6.00. The van der Waals surface area contributed by atoms with Crippen LogP contribution in [0.1, 0.15) is 51.4 Å². The number of rotatable bonds is 14. The Balaban J connectivity index is 4.12. The minimum Gasteiger partial charge on any atom is -0.481 e. The molecule has 0 saturated carbocycles.